The molecule has 0 saturated carbocycles. The number of hydrogen-bond donors (Lipinski definition) is 1. The van der Waals surface area contributed by atoms with Crippen LogP contribution in [0.25, 0.3) is 0 Å². The Morgan fingerprint density at radius 3 is 3.13 bits per heavy atom. The highest BCUT2D eigenvalue weighted by Gasteiger charge is 2.28. The van der Waals surface area contributed by atoms with Crippen LogP contribution in [-0.2, 0) is 0 Å². The van der Waals surface area contributed by atoms with Crippen molar-refractivity contribution in [3.05, 3.63) is 48.4 Å². The molecule has 1 saturated heterocycles. The van der Waals surface area contributed by atoms with Gasteiger partial charge >= 0.3 is 0 Å². The fourth-order valence-corrected chi connectivity index (χ4v) is 2.87. The minimum Gasteiger partial charge on any atom is -0.437 e. The van der Waals surface area contributed by atoms with Gasteiger partial charge in [-0.3, -0.25) is 9.78 Å². The summed E-state index contributed by atoms with van der Waals surface area (Å²) in [6.07, 6.45) is 6.78. The van der Waals surface area contributed by atoms with Gasteiger partial charge in [-0.05, 0) is 38.1 Å². The molecule has 6 nitrogen and oxygen atoms in total. The summed E-state index contributed by atoms with van der Waals surface area (Å²) >= 11 is 0. The summed E-state index contributed by atoms with van der Waals surface area (Å²) in [5.41, 5.74) is 0.634. The molecule has 0 aliphatic carbocycles. The van der Waals surface area contributed by atoms with E-state index in [0.29, 0.717) is 17.2 Å². The second-order valence-corrected chi connectivity index (χ2v) is 5.53. The smallest absolute Gasteiger partial charge is 0.254 e. The Morgan fingerprint density at radius 2 is 2.35 bits per heavy atom. The third kappa shape index (κ3) is 3.65. The number of ether oxygens (including phenoxy) is 1. The zero-order valence-corrected chi connectivity index (χ0v) is 13.1. The maximum absolute atomic E-state index is 12.8. The molecule has 1 atom stereocenters. The van der Waals surface area contributed by atoms with Gasteiger partial charge in [0, 0.05) is 37.1 Å². The van der Waals surface area contributed by atoms with Crippen molar-refractivity contribution in [3.8, 4) is 11.6 Å². The average Bonchev–Trinajstić information content (AvgIpc) is 3.04. The van der Waals surface area contributed by atoms with Crippen LogP contribution >= 0.6 is 0 Å². The van der Waals surface area contributed by atoms with Crippen LogP contribution in [0.2, 0.25) is 0 Å². The van der Waals surface area contributed by atoms with E-state index in [2.05, 4.69) is 15.3 Å². The largest absolute Gasteiger partial charge is 0.437 e. The number of hydrogen-bond acceptors (Lipinski definition) is 5. The van der Waals surface area contributed by atoms with Crippen molar-refractivity contribution >= 4 is 5.91 Å². The number of nitrogens with one attached hydrogen (secondary N) is 1. The normalized spacial score (nSPS) is 17.3. The molecular formula is C17H20N4O2. The Hall–Kier alpha value is -2.47. The lowest BCUT2D eigenvalue weighted by atomic mass is 10.1. The molecule has 0 radical (unpaired) electrons. The topological polar surface area (TPSA) is 67.4 Å². The summed E-state index contributed by atoms with van der Waals surface area (Å²) in [5, 5.41) is 3.16. The van der Waals surface area contributed by atoms with Crippen molar-refractivity contribution in [2.45, 2.75) is 18.9 Å². The van der Waals surface area contributed by atoms with E-state index in [9.17, 15) is 4.79 Å². The average molecular weight is 312 g/mol. The Kier molecular flexibility index (Phi) is 4.83. The quantitative estimate of drug-likeness (QED) is 0.915. The fourth-order valence-electron chi connectivity index (χ4n) is 2.87. The summed E-state index contributed by atoms with van der Waals surface area (Å²) in [6, 6.07) is 7.46. The Labute approximate surface area is 135 Å². The molecule has 0 bridgehead atoms. The first kappa shape index (κ1) is 15.4. The molecule has 23 heavy (non-hydrogen) atoms. The van der Waals surface area contributed by atoms with Crippen molar-refractivity contribution in [1.82, 2.24) is 20.2 Å². The first-order valence-electron chi connectivity index (χ1n) is 7.77. The Balaban J connectivity index is 1.75. The summed E-state index contributed by atoms with van der Waals surface area (Å²) in [7, 11) is 1.91. The highest BCUT2D eigenvalue weighted by atomic mass is 16.5. The molecule has 1 aliphatic heterocycles. The second kappa shape index (κ2) is 7.19. The lowest BCUT2D eigenvalue weighted by Crippen LogP contribution is -2.40. The first-order valence-corrected chi connectivity index (χ1v) is 7.77. The molecule has 3 rings (SSSR count). The number of aromatic nitrogens is 2. The van der Waals surface area contributed by atoms with Crippen molar-refractivity contribution in [3.63, 3.8) is 0 Å². The monoisotopic (exact) mass is 312 g/mol. The number of likely N-dealkylation sites (N-methyl/N-ethyl adjacent to an activating group) is 1. The molecule has 120 valence electrons. The van der Waals surface area contributed by atoms with E-state index in [1.807, 2.05) is 24.1 Å². The number of carbonyl (C=O) groups excluding carboxylic acids is 1. The predicted molar refractivity (Wildman–Crippen MR) is 86.5 cm³/mol. The zero-order chi connectivity index (χ0) is 16.1. The Bertz CT molecular complexity index is 663. The fraction of sp³-hybridized carbons (Fsp3) is 0.353. The minimum atomic E-state index is 0.0485. The molecule has 0 unspecified atom stereocenters. The van der Waals surface area contributed by atoms with Crippen molar-refractivity contribution in [1.29, 1.82) is 0 Å². The molecule has 1 aliphatic rings. The maximum atomic E-state index is 12.8. The van der Waals surface area contributed by atoms with Crippen LogP contribution in [0, 0.1) is 0 Å². The van der Waals surface area contributed by atoms with Gasteiger partial charge in [-0.2, -0.15) is 0 Å². The Morgan fingerprint density at radius 1 is 1.43 bits per heavy atom. The SMILES string of the molecule is CNC[C@@H]1CCCN1C(=O)c1cccc(Oc2cnccn2)c1. The lowest BCUT2D eigenvalue weighted by molar-refractivity contribution is 0.0736. The molecule has 2 heterocycles. The zero-order valence-electron chi connectivity index (χ0n) is 13.1. The van der Waals surface area contributed by atoms with Crippen LogP contribution < -0.4 is 10.1 Å². The van der Waals surface area contributed by atoms with Gasteiger partial charge in [-0.25, -0.2) is 4.98 Å². The first-order chi connectivity index (χ1) is 11.3. The maximum Gasteiger partial charge on any atom is 0.254 e. The van der Waals surface area contributed by atoms with Crippen LogP contribution in [0.5, 0.6) is 11.6 Å². The van der Waals surface area contributed by atoms with E-state index in [1.165, 1.54) is 6.20 Å². The van der Waals surface area contributed by atoms with Crippen LogP contribution in [0.1, 0.15) is 23.2 Å². The van der Waals surface area contributed by atoms with Gasteiger partial charge in [-0.1, -0.05) is 6.07 Å². The number of carbonyl (C=O) groups is 1. The highest BCUT2D eigenvalue weighted by molar-refractivity contribution is 5.95. The van der Waals surface area contributed by atoms with Gasteiger partial charge in [0.15, 0.2) is 0 Å². The number of benzene rings is 1. The van der Waals surface area contributed by atoms with Gasteiger partial charge in [0.2, 0.25) is 5.88 Å². The summed E-state index contributed by atoms with van der Waals surface area (Å²) < 4.78 is 5.65. The molecule has 1 aromatic carbocycles. The van der Waals surface area contributed by atoms with Crippen molar-refractivity contribution in [2.75, 3.05) is 20.1 Å². The molecule has 2 aromatic rings. The molecule has 1 N–H and O–H groups in total. The number of amides is 1. The van der Waals surface area contributed by atoms with Crippen molar-refractivity contribution in [2.24, 2.45) is 0 Å². The van der Waals surface area contributed by atoms with Gasteiger partial charge in [-0.15, -0.1) is 0 Å². The van der Waals surface area contributed by atoms with E-state index in [0.717, 1.165) is 25.9 Å². The van der Waals surface area contributed by atoms with Gasteiger partial charge in [0.25, 0.3) is 5.91 Å². The van der Waals surface area contributed by atoms with Crippen LogP contribution in [0.3, 0.4) is 0 Å². The van der Waals surface area contributed by atoms with Crippen LogP contribution in [0.4, 0.5) is 0 Å². The lowest BCUT2D eigenvalue weighted by Gasteiger charge is -2.24. The summed E-state index contributed by atoms with van der Waals surface area (Å²) in [6.45, 7) is 1.63. The van der Waals surface area contributed by atoms with E-state index < -0.39 is 0 Å². The van der Waals surface area contributed by atoms with Crippen LogP contribution in [0.15, 0.2) is 42.9 Å². The van der Waals surface area contributed by atoms with Crippen molar-refractivity contribution < 1.29 is 9.53 Å². The summed E-state index contributed by atoms with van der Waals surface area (Å²) in [4.78, 5) is 22.7. The second-order valence-electron chi connectivity index (χ2n) is 5.53. The third-order valence-corrected chi connectivity index (χ3v) is 3.92. The van der Waals surface area contributed by atoms with Gasteiger partial charge in [0.05, 0.1) is 6.20 Å². The number of nitrogens with zero attached hydrogens (tertiary/aromatic N) is 3. The molecular weight excluding hydrogens is 292 g/mol. The third-order valence-electron chi connectivity index (χ3n) is 3.92. The van der Waals surface area contributed by atoms with E-state index in [-0.39, 0.29) is 11.9 Å². The molecule has 1 fully saturated rings. The minimum absolute atomic E-state index is 0.0485. The van der Waals surface area contributed by atoms with E-state index in [1.54, 1.807) is 24.5 Å². The predicted octanol–water partition coefficient (Wildman–Crippen LogP) is 2.09. The van der Waals surface area contributed by atoms with Gasteiger partial charge in [0.1, 0.15) is 5.75 Å². The van der Waals surface area contributed by atoms with E-state index in [4.69, 9.17) is 4.74 Å². The van der Waals surface area contributed by atoms with E-state index >= 15 is 0 Å². The molecule has 0 spiro atoms. The van der Waals surface area contributed by atoms with Gasteiger partial charge < -0.3 is 15.0 Å². The molecule has 1 aromatic heterocycles. The standard InChI is InChI=1S/C17H20N4O2/c1-18-11-14-5-3-9-21(14)17(22)13-4-2-6-15(10-13)23-16-12-19-7-8-20-16/h2,4,6-8,10,12,14,18H,3,5,9,11H2,1H3/t14-/m0/s1. The number of rotatable bonds is 5. The molecule has 1 amide bonds. The van der Waals surface area contributed by atoms with Crippen LogP contribution in [-0.4, -0.2) is 47.0 Å². The molecule has 6 heteroatoms. The summed E-state index contributed by atoms with van der Waals surface area (Å²) in [5.74, 6) is 1.04. The highest BCUT2D eigenvalue weighted by Crippen LogP contribution is 2.23. The number of likely N-dealkylation sites (tertiary alicyclic amines) is 1.